The van der Waals surface area contributed by atoms with Crippen LogP contribution in [0, 0.1) is 0 Å². The molecule has 0 aromatic heterocycles. The van der Waals surface area contributed by atoms with Crippen LogP contribution in [-0.4, -0.2) is 45.5 Å². The van der Waals surface area contributed by atoms with Crippen molar-refractivity contribution < 1.29 is 19.7 Å². The fraction of sp³-hybridized carbons (Fsp3) is 0.889. The van der Waals surface area contributed by atoms with Crippen LogP contribution < -0.4 is 0 Å². The molecule has 0 aromatic carbocycles. The lowest BCUT2D eigenvalue weighted by molar-refractivity contribution is -0.174. The highest BCUT2D eigenvalue weighted by Crippen LogP contribution is 2.33. The maximum atomic E-state index is 11.1. The molecule has 5 heteroatoms. The van der Waals surface area contributed by atoms with Gasteiger partial charge in [0.15, 0.2) is 5.60 Å². The maximum Gasteiger partial charge on any atom is 0.336 e. The van der Waals surface area contributed by atoms with Gasteiger partial charge in [-0.15, -0.1) is 0 Å². The smallest absolute Gasteiger partial charge is 0.336 e. The van der Waals surface area contributed by atoms with Gasteiger partial charge in [-0.2, -0.15) is 11.8 Å². The predicted molar refractivity (Wildman–Crippen MR) is 54.5 cm³/mol. The van der Waals surface area contributed by atoms with E-state index in [2.05, 4.69) is 0 Å². The fourth-order valence-electron chi connectivity index (χ4n) is 1.31. The van der Waals surface area contributed by atoms with Crippen LogP contribution >= 0.6 is 11.8 Å². The zero-order chi connectivity index (χ0) is 10.8. The first kappa shape index (κ1) is 11.8. The molecule has 4 nitrogen and oxygen atoms in total. The largest absolute Gasteiger partial charge is 0.479 e. The minimum Gasteiger partial charge on any atom is -0.479 e. The Hall–Kier alpha value is -0.260. The molecule has 0 radical (unpaired) electrons. The van der Waals surface area contributed by atoms with Gasteiger partial charge in [0.05, 0.1) is 12.2 Å². The van der Waals surface area contributed by atoms with E-state index in [0.717, 1.165) is 5.75 Å². The van der Waals surface area contributed by atoms with Crippen molar-refractivity contribution in [3.05, 3.63) is 0 Å². The van der Waals surface area contributed by atoms with E-state index < -0.39 is 23.8 Å². The molecule has 0 bridgehead atoms. The quantitative estimate of drug-likeness (QED) is 0.731. The van der Waals surface area contributed by atoms with Gasteiger partial charge >= 0.3 is 5.97 Å². The normalized spacial score (nSPS) is 31.4. The van der Waals surface area contributed by atoms with Crippen molar-refractivity contribution in [2.45, 2.75) is 38.1 Å². The summed E-state index contributed by atoms with van der Waals surface area (Å²) in [5.74, 6) is 0.355. The van der Waals surface area contributed by atoms with Crippen LogP contribution in [0.2, 0.25) is 0 Å². The van der Waals surface area contributed by atoms with Crippen LogP contribution in [0.15, 0.2) is 0 Å². The number of carboxylic acids is 1. The average molecular weight is 220 g/mol. The minimum atomic E-state index is -1.08. The number of thioether (sulfide) groups is 1. The van der Waals surface area contributed by atoms with Gasteiger partial charge in [0.25, 0.3) is 0 Å². The Morgan fingerprint density at radius 1 is 1.57 bits per heavy atom. The second-order valence-corrected chi connectivity index (χ2v) is 4.77. The predicted octanol–water partition coefficient (Wildman–Crippen LogP) is 0.733. The highest BCUT2D eigenvalue weighted by atomic mass is 32.2. The Morgan fingerprint density at radius 3 is 2.57 bits per heavy atom. The van der Waals surface area contributed by atoms with E-state index in [9.17, 15) is 9.90 Å². The lowest BCUT2D eigenvalue weighted by Crippen LogP contribution is -2.46. The molecule has 1 aliphatic heterocycles. The van der Waals surface area contributed by atoms with Gasteiger partial charge in [0.2, 0.25) is 0 Å². The molecule has 3 atom stereocenters. The molecule has 1 aliphatic rings. The molecule has 82 valence electrons. The molecule has 0 amide bonds. The van der Waals surface area contributed by atoms with Crippen LogP contribution in [0.4, 0.5) is 0 Å². The van der Waals surface area contributed by atoms with E-state index in [1.165, 1.54) is 0 Å². The van der Waals surface area contributed by atoms with Gasteiger partial charge in [0.1, 0.15) is 0 Å². The third-order valence-corrected chi connectivity index (χ3v) is 3.63. The van der Waals surface area contributed by atoms with Crippen molar-refractivity contribution in [1.29, 1.82) is 0 Å². The molecule has 0 aliphatic carbocycles. The summed E-state index contributed by atoms with van der Waals surface area (Å²) in [5.41, 5.74) is -1.08. The molecule has 0 aromatic rings. The Balaban J connectivity index is 2.65. The third kappa shape index (κ3) is 2.40. The summed E-state index contributed by atoms with van der Waals surface area (Å²) in [6.45, 7) is 3.29. The fourth-order valence-corrected chi connectivity index (χ4v) is 2.60. The maximum absolute atomic E-state index is 11.1. The molecule has 0 spiro atoms. The first-order chi connectivity index (χ1) is 6.48. The monoisotopic (exact) mass is 220 g/mol. The molecular formula is C9H16O4S. The van der Waals surface area contributed by atoms with Crippen LogP contribution in [0.1, 0.15) is 20.3 Å². The molecule has 1 fully saturated rings. The Labute approximate surface area is 87.6 Å². The topological polar surface area (TPSA) is 66.8 Å². The van der Waals surface area contributed by atoms with Crippen molar-refractivity contribution >= 4 is 17.7 Å². The van der Waals surface area contributed by atoms with E-state index in [-0.39, 0.29) is 0 Å². The molecule has 1 heterocycles. The summed E-state index contributed by atoms with van der Waals surface area (Å²) < 4.78 is 5.45. The second kappa shape index (κ2) is 4.51. The molecular weight excluding hydrogens is 204 g/mol. The van der Waals surface area contributed by atoms with Crippen LogP contribution in [0.25, 0.3) is 0 Å². The van der Waals surface area contributed by atoms with Gasteiger partial charge in [-0.1, -0.05) is 0 Å². The summed E-state index contributed by atoms with van der Waals surface area (Å²) >= 11 is 1.58. The number of hydrogen-bond donors (Lipinski definition) is 2. The lowest BCUT2D eigenvalue weighted by Gasteiger charge is -2.29. The van der Waals surface area contributed by atoms with E-state index in [4.69, 9.17) is 9.84 Å². The average Bonchev–Trinajstić information content (AvgIpc) is 2.53. The summed E-state index contributed by atoms with van der Waals surface area (Å²) in [6, 6.07) is 0. The molecule has 0 saturated carbocycles. The van der Waals surface area contributed by atoms with Crippen LogP contribution in [0.5, 0.6) is 0 Å². The van der Waals surface area contributed by atoms with Gasteiger partial charge in [0, 0.05) is 5.75 Å². The first-order valence-electron chi connectivity index (χ1n) is 4.65. The number of hydrogen-bond acceptors (Lipinski definition) is 4. The molecule has 1 rings (SSSR count). The molecule has 3 unspecified atom stereocenters. The minimum absolute atomic E-state index is 0.440. The lowest BCUT2D eigenvalue weighted by atomic mass is 10.0. The second-order valence-electron chi connectivity index (χ2n) is 3.67. The highest BCUT2D eigenvalue weighted by Gasteiger charge is 2.44. The number of aliphatic carboxylic acids is 1. The zero-order valence-corrected chi connectivity index (χ0v) is 9.21. The van der Waals surface area contributed by atoms with Crippen LogP contribution in [0.3, 0.4) is 0 Å². The molecule has 14 heavy (non-hydrogen) atoms. The van der Waals surface area contributed by atoms with E-state index in [1.54, 1.807) is 25.6 Å². The summed E-state index contributed by atoms with van der Waals surface area (Å²) in [7, 11) is 0. The highest BCUT2D eigenvalue weighted by molar-refractivity contribution is 7.99. The third-order valence-electron chi connectivity index (χ3n) is 2.47. The zero-order valence-electron chi connectivity index (χ0n) is 8.40. The SMILES string of the molecule is CC(O)C(C)OC1(C(=O)O)CCSC1. The Kier molecular flexibility index (Phi) is 3.80. The van der Waals surface area contributed by atoms with Crippen molar-refractivity contribution in [1.82, 2.24) is 0 Å². The van der Waals surface area contributed by atoms with E-state index in [0.29, 0.717) is 12.2 Å². The molecule has 1 saturated heterocycles. The number of carboxylic acid groups (broad SMARTS) is 1. The van der Waals surface area contributed by atoms with E-state index >= 15 is 0 Å². The number of ether oxygens (including phenoxy) is 1. The van der Waals surface area contributed by atoms with Crippen molar-refractivity contribution in [2.24, 2.45) is 0 Å². The Bertz CT molecular complexity index is 211. The Morgan fingerprint density at radius 2 is 2.21 bits per heavy atom. The number of carbonyl (C=O) groups is 1. The van der Waals surface area contributed by atoms with Crippen molar-refractivity contribution in [2.75, 3.05) is 11.5 Å². The van der Waals surface area contributed by atoms with Gasteiger partial charge in [-0.25, -0.2) is 4.79 Å². The number of aliphatic hydroxyl groups is 1. The number of rotatable bonds is 4. The summed E-state index contributed by atoms with van der Waals surface area (Å²) in [5, 5.41) is 18.3. The first-order valence-corrected chi connectivity index (χ1v) is 5.80. The number of aliphatic hydroxyl groups excluding tert-OH is 1. The van der Waals surface area contributed by atoms with Crippen LogP contribution in [-0.2, 0) is 9.53 Å². The standard InChI is InChI=1S/C9H16O4S/c1-6(10)7(2)13-9(8(11)12)3-4-14-5-9/h6-7,10H,3-5H2,1-2H3,(H,11,12). The van der Waals surface area contributed by atoms with Crippen molar-refractivity contribution in [3.8, 4) is 0 Å². The summed E-state index contributed by atoms with van der Waals surface area (Å²) in [6.07, 6.45) is -0.564. The van der Waals surface area contributed by atoms with Gasteiger partial charge in [-0.3, -0.25) is 0 Å². The van der Waals surface area contributed by atoms with E-state index in [1.807, 2.05) is 0 Å². The van der Waals surface area contributed by atoms with Gasteiger partial charge in [-0.05, 0) is 26.0 Å². The summed E-state index contributed by atoms with van der Waals surface area (Å²) in [4.78, 5) is 11.1. The molecule has 2 N–H and O–H groups in total. The van der Waals surface area contributed by atoms with Gasteiger partial charge < -0.3 is 14.9 Å². The van der Waals surface area contributed by atoms with Crippen molar-refractivity contribution in [3.63, 3.8) is 0 Å².